The molecular weight excluding hydrogens is 188 g/mol. The standard InChI is InChI=1S/C9H8Br/c1-2-4-8-5-3-6-9(10)7-8/h2-7H,1H2/b4-2+. The Kier molecular flexibility index (Phi) is 2.69. The molecule has 0 saturated heterocycles. The molecule has 0 aliphatic rings. The van der Waals surface area contributed by atoms with Gasteiger partial charge in [0.15, 0.2) is 0 Å². The SMILES string of the molecule is [CH2]/C=C/c1cccc(Br)c1. The Morgan fingerprint density at radius 1 is 1.40 bits per heavy atom. The maximum absolute atomic E-state index is 3.61. The van der Waals surface area contributed by atoms with Gasteiger partial charge in [0, 0.05) is 4.47 Å². The lowest BCUT2D eigenvalue weighted by Gasteiger charge is -1.91. The first-order chi connectivity index (χ1) is 4.83. The zero-order valence-electron chi connectivity index (χ0n) is 5.55. The Bertz CT molecular complexity index is 238. The predicted molar refractivity (Wildman–Crippen MR) is 48.5 cm³/mol. The molecule has 0 aliphatic heterocycles. The first-order valence-electron chi connectivity index (χ1n) is 3.04. The van der Waals surface area contributed by atoms with Crippen molar-refractivity contribution in [2.24, 2.45) is 0 Å². The Hall–Kier alpha value is -0.560. The lowest BCUT2D eigenvalue weighted by Crippen LogP contribution is -1.69. The molecule has 0 saturated carbocycles. The Balaban J connectivity index is 2.95. The summed E-state index contributed by atoms with van der Waals surface area (Å²) < 4.78 is 1.10. The molecule has 1 radical (unpaired) electrons. The maximum atomic E-state index is 3.61. The third kappa shape index (κ3) is 1.99. The van der Waals surface area contributed by atoms with Gasteiger partial charge in [-0.15, -0.1) is 0 Å². The molecule has 10 heavy (non-hydrogen) atoms. The molecule has 0 heterocycles. The molecule has 1 aromatic carbocycles. The van der Waals surface area contributed by atoms with Crippen LogP contribution in [-0.4, -0.2) is 0 Å². The van der Waals surface area contributed by atoms with Gasteiger partial charge in [0.25, 0.3) is 0 Å². The van der Waals surface area contributed by atoms with E-state index in [-0.39, 0.29) is 0 Å². The highest BCUT2D eigenvalue weighted by atomic mass is 79.9. The zero-order valence-corrected chi connectivity index (χ0v) is 7.14. The van der Waals surface area contributed by atoms with E-state index in [0.717, 1.165) is 4.47 Å². The van der Waals surface area contributed by atoms with Crippen LogP contribution in [0.25, 0.3) is 6.08 Å². The molecule has 0 aliphatic carbocycles. The molecule has 0 atom stereocenters. The molecule has 51 valence electrons. The molecule has 1 aromatic rings. The molecule has 0 N–H and O–H groups in total. The van der Waals surface area contributed by atoms with Gasteiger partial charge in [0.1, 0.15) is 0 Å². The molecule has 0 bridgehead atoms. The summed E-state index contributed by atoms with van der Waals surface area (Å²) in [5.41, 5.74) is 1.17. The van der Waals surface area contributed by atoms with Crippen LogP contribution in [0.15, 0.2) is 34.8 Å². The minimum Gasteiger partial charge on any atom is -0.0836 e. The van der Waals surface area contributed by atoms with Crippen LogP contribution in [0.3, 0.4) is 0 Å². The fourth-order valence-electron chi connectivity index (χ4n) is 0.746. The van der Waals surface area contributed by atoms with E-state index in [1.165, 1.54) is 5.56 Å². The van der Waals surface area contributed by atoms with Crippen LogP contribution in [0.4, 0.5) is 0 Å². The van der Waals surface area contributed by atoms with Gasteiger partial charge in [0.05, 0.1) is 0 Å². The van der Waals surface area contributed by atoms with Crippen LogP contribution < -0.4 is 0 Å². The van der Waals surface area contributed by atoms with E-state index < -0.39 is 0 Å². The topological polar surface area (TPSA) is 0 Å². The fourth-order valence-corrected chi connectivity index (χ4v) is 1.16. The Labute approximate surface area is 69.7 Å². The highest BCUT2D eigenvalue weighted by molar-refractivity contribution is 9.10. The van der Waals surface area contributed by atoms with Gasteiger partial charge < -0.3 is 0 Å². The predicted octanol–water partition coefficient (Wildman–Crippen LogP) is 3.30. The van der Waals surface area contributed by atoms with Crippen molar-refractivity contribution in [3.63, 3.8) is 0 Å². The second kappa shape index (κ2) is 3.57. The van der Waals surface area contributed by atoms with Gasteiger partial charge in [-0.05, 0) is 24.6 Å². The Morgan fingerprint density at radius 2 is 2.20 bits per heavy atom. The van der Waals surface area contributed by atoms with Crippen molar-refractivity contribution in [3.05, 3.63) is 47.3 Å². The van der Waals surface area contributed by atoms with E-state index >= 15 is 0 Å². The zero-order chi connectivity index (χ0) is 7.40. The summed E-state index contributed by atoms with van der Waals surface area (Å²) in [6.07, 6.45) is 3.74. The van der Waals surface area contributed by atoms with Gasteiger partial charge in [-0.2, -0.15) is 0 Å². The van der Waals surface area contributed by atoms with E-state index in [1.807, 2.05) is 30.3 Å². The smallest absolute Gasteiger partial charge is 0.0181 e. The number of hydrogen-bond acceptors (Lipinski definition) is 0. The van der Waals surface area contributed by atoms with Crippen molar-refractivity contribution >= 4 is 22.0 Å². The molecule has 0 nitrogen and oxygen atoms in total. The van der Waals surface area contributed by atoms with Crippen LogP contribution in [0.1, 0.15) is 5.56 Å². The van der Waals surface area contributed by atoms with Crippen LogP contribution >= 0.6 is 15.9 Å². The number of rotatable bonds is 1. The van der Waals surface area contributed by atoms with E-state index in [0.29, 0.717) is 0 Å². The maximum Gasteiger partial charge on any atom is 0.0181 e. The van der Waals surface area contributed by atoms with E-state index in [2.05, 4.69) is 22.9 Å². The second-order valence-electron chi connectivity index (χ2n) is 1.96. The van der Waals surface area contributed by atoms with Gasteiger partial charge in [-0.25, -0.2) is 0 Å². The van der Waals surface area contributed by atoms with Crippen molar-refractivity contribution in [1.82, 2.24) is 0 Å². The van der Waals surface area contributed by atoms with Crippen LogP contribution in [0.5, 0.6) is 0 Å². The minimum absolute atomic E-state index is 1.10. The van der Waals surface area contributed by atoms with Crippen molar-refractivity contribution < 1.29 is 0 Å². The largest absolute Gasteiger partial charge is 0.0836 e. The van der Waals surface area contributed by atoms with Gasteiger partial charge >= 0.3 is 0 Å². The fraction of sp³-hybridized carbons (Fsp3) is 0. The van der Waals surface area contributed by atoms with Crippen molar-refractivity contribution in [2.45, 2.75) is 0 Å². The number of benzene rings is 1. The molecule has 0 fully saturated rings. The van der Waals surface area contributed by atoms with Crippen molar-refractivity contribution in [1.29, 1.82) is 0 Å². The summed E-state index contributed by atoms with van der Waals surface area (Å²) in [6, 6.07) is 8.08. The Morgan fingerprint density at radius 3 is 2.80 bits per heavy atom. The van der Waals surface area contributed by atoms with Gasteiger partial charge in [0.2, 0.25) is 0 Å². The molecule has 0 aromatic heterocycles. The number of allylic oxidation sites excluding steroid dienone is 1. The molecule has 1 rings (SSSR count). The summed E-state index contributed by atoms with van der Waals surface area (Å²) in [6.45, 7) is 3.61. The average molecular weight is 196 g/mol. The summed E-state index contributed by atoms with van der Waals surface area (Å²) in [4.78, 5) is 0. The minimum atomic E-state index is 1.10. The summed E-state index contributed by atoms with van der Waals surface area (Å²) in [5.74, 6) is 0. The van der Waals surface area contributed by atoms with E-state index in [4.69, 9.17) is 0 Å². The van der Waals surface area contributed by atoms with E-state index in [9.17, 15) is 0 Å². The number of halogens is 1. The summed E-state index contributed by atoms with van der Waals surface area (Å²) >= 11 is 3.38. The lowest BCUT2D eigenvalue weighted by molar-refractivity contribution is 1.61. The molecule has 0 unspecified atom stereocenters. The van der Waals surface area contributed by atoms with Crippen molar-refractivity contribution in [3.8, 4) is 0 Å². The van der Waals surface area contributed by atoms with Gasteiger partial charge in [-0.3, -0.25) is 0 Å². The van der Waals surface area contributed by atoms with Gasteiger partial charge in [-0.1, -0.05) is 40.2 Å². The monoisotopic (exact) mass is 195 g/mol. The second-order valence-corrected chi connectivity index (χ2v) is 2.87. The van der Waals surface area contributed by atoms with Crippen LogP contribution in [-0.2, 0) is 0 Å². The third-order valence-corrected chi connectivity index (χ3v) is 1.65. The highest BCUT2D eigenvalue weighted by Crippen LogP contribution is 2.12. The van der Waals surface area contributed by atoms with Crippen LogP contribution in [0.2, 0.25) is 0 Å². The first-order valence-corrected chi connectivity index (χ1v) is 3.83. The number of hydrogen-bond donors (Lipinski definition) is 0. The molecular formula is C9H8Br. The first kappa shape index (κ1) is 7.55. The van der Waals surface area contributed by atoms with Crippen molar-refractivity contribution in [2.75, 3.05) is 0 Å². The van der Waals surface area contributed by atoms with E-state index in [1.54, 1.807) is 6.08 Å². The lowest BCUT2D eigenvalue weighted by atomic mass is 10.2. The highest BCUT2D eigenvalue weighted by Gasteiger charge is 1.85. The third-order valence-electron chi connectivity index (χ3n) is 1.16. The molecule has 0 amide bonds. The molecule has 0 spiro atoms. The molecule has 1 heteroatoms. The summed E-state index contributed by atoms with van der Waals surface area (Å²) in [7, 11) is 0. The quantitative estimate of drug-likeness (QED) is 0.646. The average Bonchev–Trinajstić information content (AvgIpc) is 1.88. The summed E-state index contributed by atoms with van der Waals surface area (Å²) in [5, 5.41) is 0. The van der Waals surface area contributed by atoms with Crippen LogP contribution in [0, 0.1) is 6.92 Å². The normalized spacial score (nSPS) is 10.6.